The zero-order valence-electron chi connectivity index (χ0n) is 14.8. The topological polar surface area (TPSA) is 15.3 Å². The summed E-state index contributed by atoms with van der Waals surface area (Å²) in [5.74, 6) is 2.56. The Bertz CT molecular complexity index is 250. The third-order valence-electron chi connectivity index (χ3n) is 5.40. The van der Waals surface area contributed by atoms with E-state index in [0.717, 1.165) is 29.8 Å². The molecule has 2 heteroatoms. The lowest BCUT2D eigenvalue weighted by Crippen LogP contribution is -2.50. The summed E-state index contributed by atoms with van der Waals surface area (Å²) in [5, 5.41) is 3.84. The van der Waals surface area contributed by atoms with Crippen molar-refractivity contribution >= 4 is 0 Å². The molecule has 1 N–H and O–H groups in total. The van der Waals surface area contributed by atoms with Crippen LogP contribution in [0.25, 0.3) is 0 Å². The summed E-state index contributed by atoms with van der Waals surface area (Å²) in [6.07, 6.45) is 6.57. The van der Waals surface area contributed by atoms with Crippen LogP contribution in [-0.2, 0) is 0 Å². The van der Waals surface area contributed by atoms with Crippen LogP contribution < -0.4 is 5.32 Å². The summed E-state index contributed by atoms with van der Waals surface area (Å²) in [6, 6.07) is 1.49. The van der Waals surface area contributed by atoms with Crippen molar-refractivity contribution in [3.63, 3.8) is 0 Å². The molecule has 0 aromatic rings. The number of nitrogens with zero attached hydrogens (tertiary/aromatic N) is 1. The molecule has 0 spiro atoms. The van der Waals surface area contributed by atoms with E-state index in [9.17, 15) is 0 Å². The molecule has 120 valence electrons. The lowest BCUT2D eigenvalue weighted by Gasteiger charge is -2.43. The van der Waals surface area contributed by atoms with Gasteiger partial charge in [-0.2, -0.15) is 0 Å². The van der Waals surface area contributed by atoms with E-state index in [4.69, 9.17) is 0 Å². The number of hydrogen-bond acceptors (Lipinski definition) is 2. The third-order valence-corrected chi connectivity index (χ3v) is 5.40. The van der Waals surface area contributed by atoms with E-state index >= 15 is 0 Å². The third kappa shape index (κ3) is 5.04. The molecule has 1 rings (SSSR count). The second kappa shape index (κ2) is 9.04. The molecule has 1 aliphatic carbocycles. The van der Waals surface area contributed by atoms with Crippen molar-refractivity contribution in [2.75, 3.05) is 20.1 Å². The first-order chi connectivity index (χ1) is 9.53. The van der Waals surface area contributed by atoms with Gasteiger partial charge in [-0.3, -0.25) is 0 Å². The highest BCUT2D eigenvalue weighted by Crippen LogP contribution is 2.34. The fourth-order valence-corrected chi connectivity index (χ4v) is 4.18. The van der Waals surface area contributed by atoms with Gasteiger partial charge in [0, 0.05) is 18.6 Å². The highest BCUT2D eigenvalue weighted by Gasteiger charge is 2.34. The van der Waals surface area contributed by atoms with Gasteiger partial charge < -0.3 is 10.2 Å². The molecule has 0 aliphatic heterocycles. The Morgan fingerprint density at radius 1 is 1.10 bits per heavy atom. The van der Waals surface area contributed by atoms with E-state index in [-0.39, 0.29) is 0 Å². The van der Waals surface area contributed by atoms with Crippen LogP contribution in [0.4, 0.5) is 0 Å². The zero-order chi connectivity index (χ0) is 15.1. The number of nitrogens with one attached hydrogen (secondary N) is 1. The van der Waals surface area contributed by atoms with E-state index in [2.05, 4.69) is 51.9 Å². The summed E-state index contributed by atoms with van der Waals surface area (Å²) < 4.78 is 0. The van der Waals surface area contributed by atoms with Gasteiger partial charge in [-0.1, -0.05) is 34.6 Å². The SMILES string of the molecule is CCCNC1CC(C)CC(C)C1CN(C)C(CC)CC. The van der Waals surface area contributed by atoms with Crippen LogP contribution in [0, 0.1) is 17.8 Å². The van der Waals surface area contributed by atoms with Gasteiger partial charge in [0.05, 0.1) is 0 Å². The molecule has 1 fully saturated rings. The van der Waals surface area contributed by atoms with Crippen molar-refractivity contribution in [1.29, 1.82) is 0 Å². The molecule has 0 saturated heterocycles. The lowest BCUT2D eigenvalue weighted by atomic mass is 9.72. The minimum atomic E-state index is 0.727. The second-order valence-corrected chi connectivity index (χ2v) is 7.19. The van der Waals surface area contributed by atoms with Gasteiger partial charge in [0.2, 0.25) is 0 Å². The molecule has 4 unspecified atom stereocenters. The van der Waals surface area contributed by atoms with E-state index in [1.165, 1.54) is 45.2 Å². The van der Waals surface area contributed by atoms with Crippen molar-refractivity contribution in [3.05, 3.63) is 0 Å². The monoisotopic (exact) mass is 282 g/mol. The van der Waals surface area contributed by atoms with Gasteiger partial charge in [0.1, 0.15) is 0 Å². The minimum Gasteiger partial charge on any atom is -0.314 e. The van der Waals surface area contributed by atoms with Crippen LogP contribution in [0.15, 0.2) is 0 Å². The first kappa shape index (κ1) is 18.0. The van der Waals surface area contributed by atoms with E-state index in [1.807, 2.05) is 0 Å². The van der Waals surface area contributed by atoms with Gasteiger partial charge in [0.25, 0.3) is 0 Å². The van der Waals surface area contributed by atoms with Crippen LogP contribution in [0.1, 0.15) is 66.7 Å². The maximum Gasteiger partial charge on any atom is 0.0113 e. The van der Waals surface area contributed by atoms with Crippen LogP contribution >= 0.6 is 0 Å². The fourth-order valence-electron chi connectivity index (χ4n) is 4.18. The molecule has 0 aromatic carbocycles. The second-order valence-electron chi connectivity index (χ2n) is 7.19. The molecule has 20 heavy (non-hydrogen) atoms. The summed E-state index contributed by atoms with van der Waals surface area (Å²) in [7, 11) is 2.33. The van der Waals surface area contributed by atoms with Crippen LogP contribution in [0.3, 0.4) is 0 Å². The normalized spacial score (nSPS) is 31.2. The Hall–Kier alpha value is -0.0800. The lowest BCUT2D eigenvalue weighted by molar-refractivity contribution is 0.0917. The highest BCUT2D eigenvalue weighted by atomic mass is 15.1. The predicted molar refractivity (Wildman–Crippen MR) is 90.1 cm³/mol. The number of rotatable bonds is 8. The van der Waals surface area contributed by atoms with Gasteiger partial charge in [-0.05, 0) is 63.5 Å². The molecule has 0 heterocycles. The smallest absolute Gasteiger partial charge is 0.0113 e. The van der Waals surface area contributed by atoms with E-state index < -0.39 is 0 Å². The van der Waals surface area contributed by atoms with Gasteiger partial charge in [0.15, 0.2) is 0 Å². The summed E-state index contributed by atoms with van der Waals surface area (Å²) >= 11 is 0. The van der Waals surface area contributed by atoms with Crippen molar-refractivity contribution in [2.24, 2.45) is 17.8 Å². The Labute approximate surface area is 127 Å². The number of hydrogen-bond donors (Lipinski definition) is 1. The largest absolute Gasteiger partial charge is 0.314 e. The van der Waals surface area contributed by atoms with E-state index in [0.29, 0.717) is 0 Å². The predicted octanol–water partition coefficient (Wildman–Crippen LogP) is 4.16. The first-order valence-electron chi connectivity index (χ1n) is 8.96. The zero-order valence-corrected chi connectivity index (χ0v) is 14.8. The van der Waals surface area contributed by atoms with Crippen molar-refractivity contribution in [2.45, 2.75) is 78.8 Å². The standard InChI is InChI=1S/C18H38N2/c1-7-10-19-18-12-14(4)11-15(5)17(18)13-20(6)16(8-2)9-3/h14-19H,7-13H2,1-6H3. The van der Waals surface area contributed by atoms with Crippen molar-refractivity contribution < 1.29 is 0 Å². The molecule has 1 saturated carbocycles. The van der Waals surface area contributed by atoms with Crippen LogP contribution in [0.2, 0.25) is 0 Å². The Kier molecular flexibility index (Phi) is 8.13. The van der Waals surface area contributed by atoms with Crippen LogP contribution in [0.5, 0.6) is 0 Å². The molecule has 0 radical (unpaired) electrons. The van der Waals surface area contributed by atoms with Gasteiger partial charge >= 0.3 is 0 Å². The van der Waals surface area contributed by atoms with Crippen molar-refractivity contribution in [3.8, 4) is 0 Å². The molecule has 0 aromatic heterocycles. The van der Waals surface area contributed by atoms with Crippen molar-refractivity contribution in [1.82, 2.24) is 10.2 Å². The molecule has 0 amide bonds. The summed E-state index contributed by atoms with van der Waals surface area (Å²) in [4.78, 5) is 2.62. The average Bonchev–Trinajstić information content (AvgIpc) is 2.41. The molecule has 2 nitrogen and oxygen atoms in total. The summed E-state index contributed by atoms with van der Waals surface area (Å²) in [5.41, 5.74) is 0. The Morgan fingerprint density at radius 2 is 1.75 bits per heavy atom. The molecule has 1 aliphatic rings. The highest BCUT2D eigenvalue weighted by molar-refractivity contribution is 4.89. The van der Waals surface area contributed by atoms with Gasteiger partial charge in [-0.15, -0.1) is 0 Å². The maximum atomic E-state index is 3.84. The molecule has 0 bridgehead atoms. The first-order valence-corrected chi connectivity index (χ1v) is 8.96. The van der Waals surface area contributed by atoms with Crippen LogP contribution in [-0.4, -0.2) is 37.1 Å². The Balaban J connectivity index is 2.65. The van der Waals surface area contributed by atoms with E-state index in [1.54, 1.807) is 0 Å². The van der Waals surface area contributed by atoms with Gasteiger partial charge in [-0.25, -0.2) is 0 Å². The Morgan fingerprint density at radius 3 is 2.30 bits per heavy atom. The minimum absolute atomic E-state index is 0.727. The fraction of sp³-hybridized carbons (Fsp3) is 1.00. The molecular formula is C18H38N2. The summed E-state index contributed by atoms with van der Waals surface area (Å²) in [6.45, 7) is 14.3. The molecular weight excluding hydrogens is 244 g/mol. The maximum absolute atomic E-state index is 3.84. The average molecular weight is 283 g/mol. The molecule has 4 atom stereocenters. The quantitative estimate of drug-likeness (QED) is 0.719.